The number of amides is 2. The third-order valence-corrected chi connectivity index (χ3v) is 4.99. The van der Waals surface area contributed by atoms with Crippen LogP contribution in [0.5, 0.6) is 0 Å². The molecule has 29 heavy (non-hydrogen) atoms. The fourth-order valence-electron chi connectivity index (χ4n) is 3.58. The number of aromatic nitrogens is 3. The molecule has 0 saturated carbocycles. The number of imidazole rings is 1. The minimum atomic E-state index is -0.301. The van der Waals surface area contributed by atoms with Crippen LogP contribution < -0.4 is 10.6 Å². The van der Waals surface area contributed by atoms with Crippen LogP contribution in [0.15, 0.2) is 48.8 Å². The lowest BCUT2D eigenvalue weighted by Crippen LogP contribution is -2.25. The third kappa shape index (κ3) is 4.18. The molecule has 3 aromatic rings. The van der Waals surface area contributed by atoms with Gasteiger partial charge in [0.2, 0.25) is 0 Å². The smallest absolute Gasteiger partial charge is 0.291 e. The first kappa shape index (κ1) is 18.9. The van der Waals surface area contributed by atoms with Gasteiger partial charge in [-0.15, -0.1) is 0 Å². The van der Waals surface area contributed by atoms with Gasteiger partial charge in [-0.2, -0.15) is 0 Å². The molecule has 0 bridgehead atoms. The van der Waals surface area contributed by atoms with E-state index in [1.165, 1.54) is 0 Å². The highest BCUT2D eigenvalue weighted by Gasteiger charge is 2.27. The Morgan fingerprint density at radius 1 is 1.14 bits per heavy atom. The van der Waals surface area contributed by atoms with Gasteiger partial charge in [-0.25, -0.2) is 4.98 Å². The summed E-state index contributed by atoms with van der Waals surface area (Å²) in [6.45, 7) is 3.02. The Bertz CT molecular complexity index is 1040. The highest BCUT2D eigenvalue weighted by atomic mass is 16.2. The molecule has 1 aliphatic rings. The van der Waals surface area contributed by atoms with Gasteiger partial charge < -0.3 is 15.2 Å². The highest BCUT2D eigenvalue weighted by molar-refractivity contribution is 6.03. The Labute approximate surface area is 169 Å². The van der Waals surface area contributed by atoms with E-state index in [2.05, 4.69) is 20.6 Å². The number of fused-ring (bicyclic) bond motifs is 1. The molecule has 148 valence electrons. The molecule has 7 nitrogen and oxygen atoms in total. The molecule has 0 radical (unpaired) electrons. The van der Waals surface area contributed by atoms with Gasteiger partial charge in [0.1, 0.15) is 5.69 Å². The summed E-state index contributed by atoms with van der Waals surface area (Å²) in [5.74, 6) is -0.285. The van der Waals surface area contributed by atoms with Crippen LogP contribution in [-0.2, 0) is 19.5 Å². The van der Waals surface area contributed by atoms with E-state index < -0.39 is 0 Å². The normalized spacial score (nSPS) is 12.9. The van der Waals surface area contributed by atoms with Crippen molar-refractivity contribution in [1.82, 2.24) is 19.9 Å². The molecular weight excluding hydrogens is 366 g/mol. The average molecular weight is 389 g/mol. The molecule has 2 amide bonds. The summed E-state index contributed by atoms with van der Waals surface area (Å²) in [4.78, 5) is 34.2. The lowest BCUT2D eigenvalue weighted by molar-refractivity contribution is 0.0945. The van der Waals surface area contributed by atoms with Gasteiger partial charge in [-0.3, -0.25) is 14.6 Å². The number of hydrogen-bond acceptors (Lipinski definition) is 4. The predicted octanol–water partition coefficient (Wildman–Crippen LogP) is 3.11. The van der Waals surface area contributed by atoms with Gasteiger partial charge in [0.15, 0.2) is 5.82 Å². The number of nitrogens with zero attached hydrogens (tertiary/aromatic N) is 3. The number of hydrogen-bond donors (Lipinski definition) is 2. The maximum atomic E-state index is 12.9. The zero-order valence-corrected chi connectivity index (χ0v) is 16.3. The molecule has 0 unspecified atom stereocenters. The zero-order valence-electron chi connectivity index (χ0n) is 16.3. The van der Waals surface area contributed by atoms with Crippen molar-refractivity contribution in [1.29, 1.82) is 0 Å². The number of pyridine rings is 1. The summed E-state index contributed by atoms with van der Waals surface area (Å²) in [6.07, 6.45) is 6.08. The molecule has 0 aliphatic carbocycles. The van der Waals surface area contributed by atoms with Crippen molar-refractivity contribution >= 4 is 17.5 Å². The monoisotopic (exact) mass is 389 g/mol. The molecule has 0 atom stereocenters. The summed E-state index contributed by atoms with van der Waals surface area (Å²) in [5.41, 5.74) is 3.85. The SMILES string of the molecule is Cc1cccc(NC(=O)c2nc(C(=O)NCc3cccnc3)c3n2CCCC3)c1. The summed E-state index contributed by atoms with van der Waals surface area (Å²) in [7, 11) is 0. The van der Waals surface area contributed by atoms with Crippen LogP contribution in [0.25, 0.3) is 0 Å². The van der Waals surface area contributed by atoms with Gasteiger partial charge in [0, 0.05) is 31.2 Å². The number of benzene rings is 1. The first-order valence-electron chi connectivity index (χ1n) is 9.76. The van der Waals surface area contributed by atoms with Gasteiger partial charge in [0.25, 0.3) is 11.8 Å². The number of anilines is 1. The topological polar surface area (TPSA) is 88.9 Å². The molecule has 2 N–H and O–H groups in total. The molecule has 7 heteroatoms. The Hall–Kier alpha value is -3.48. The fourth-order valence-corrected chi connectivity index (χ4v) is 3.58. The Balaban J connectivity index is 1.56. The van der Waals surface area contributed by atoms with E-state index in [1.807, 2.05) is 47.9 Å². The Morgan fingerprint density at radius 3 is 2.83 bits per heavy atom. The fraction of sp³-hybridized carbons (Fsp3) is 0.273. The molecule has 4 rings (SSSR count). The van der Waals surface area contributed by atoms with Gasteiger partial charge in [-0.1, -0.05) is 18.2 Å². The molecule has 3 heterocycles. The zero-order chi connectivity index (χ0) is 20.2. The summed E-state index contributed by atoms with van der Waals surface area (Å²) in [5, 5.41) is 5.79. The first-order valence-corrected chi connectivity index (χ1v) is 9.76. The molecule has 0 spiro atoms. The standard InChI is InChI=1S/C22H23N5O2/c1-15-6-4-8-17(12-15)25-22(29)20-26-19(18-9-2-3-11-27(18)20)21(28)24-14-16-7-5-10-23-13-16/h4-8,10,12-13H,2-3,9,11,14H2,1H3,(H,24,28)(H,25,29). The molecule has 2 aromatic heterocycles. The molecule has 0 fully saturated rings. The van der Waals surface area contributed by atoms with E-state index in [9.17, 15) is 9.59 Å². The van der Waals surface area contributed by atoms with E-state index in [0.717, 1.165) is 36.1 Å². The second-order valence-corrected chi connectivity index (χ2v) is 7.21. The molecular formula is C22H23N5O2. The van der Waals surface area contributed by atoms with E-state index in [1.54, 1.807) is 12.4 Å². The summed E-state index contributed by atoms with van der Waals surface area (Å²) >= 11 is 0. The Morgan fingerprint density at radius 2 is 2.03 bits per heavy atom. The highest BCUT2D eigenvalue weighted by Crippen LogP contribution is 2.22. The number of carbonyl (C=O) groups excluding carboxylic acids is 2. The third-order valence-electron chi connectivity index (χ3n) is 4.99. The number of carbonyl (C=O) groups is 2. The van der Waals surface area contributed by atoms with Crippen LogP contribution in [0.1, 0.15) is 50.8 Å². The van der Waals surface area contributed by atoms with Crippen molar-refractivity contribution in [3.63, 3.8) is 0 Å². The lowest BCUT2D eigenvalue weighted by atomic mass is 10.1. The quantitative estimate of drug-likeness (QED) is 0.702. The molecule has 1 aromatic carbocycles. The summed E-state index contributed by atoms with van der Waals surface area (Å²) in [6, 6.07) is 11.3. The van der Waals surface area contributed by atoms with Gasteiger partial charge in [-0.05, 0) is 55.5 Å². The first-order chi connectivity index (χ1) is 14.1. The average Bonchev–Trinajstić information content (AvgIpc) is 3.13. The van der Waals surface area contributed by atoms with Crippen LogP contribution in [0.3, 0.4) is 0 Å². The number of rotatable bonds is 5. The maximum absolute atomic E-state index is 12.9. The minimum absolute atomic E-state index is 0.269. The van der Waals surface area contributed by atoms with Crippen LogP contribution in [0.4, 0.5) is 5.69 Å². The van der Waals surface area contributed by atoms with Crippen molar-refractivity contribution < 1.29 is 9.59 Å². The van der Waals surface area contributed by atoms with Crippen LogP contribution >= 0.6 is 0 Å². The molecule has 1 aliphatic heterocycles. The van der Waals surface area contributed by atoms with Crippen molar-refractivity contribution in [3.8, 4) is 0 Å². The minimum Gasteiger partial charge on any atom is -0.347 e. The van der Waals surface area contributed by atoms with E-state index in [0.29, 0.717) is 24.5 Å². The summed E-state index contributed by atoms with van der Waals surface area (Å²) < 4.78 is 1.88. The van der Waals surface area contributed by atoms with Crippen molar-refractivity contribution in [3.05, 3.63) is 77.1 Å². The van der Waals surface area contributed by atoms with E-state index in [-0.39, 0.29) is 17.6 Å². The van der Waals surface area contributed by atoms with Crippen LogP contribution in [0, 0.1) is 6.92 Å². The van der Waals surface area contributed by atoms with E-state index in [4.69, 9.17) is 0 Å². The number of nitrogens with one attached hydrogen (secondary N) is 2. The second kappa shape index (κ2) is 8.26. The largest absolute Gasteiger partial charge is 0.347 e. The second-order valence-electron chi connectivity index (χ2n) is 7.21. The van der Waals surface area contributed by atoms with Gasteiger partial charge in [0.05, 0.1) is 5.69 Å². The predicted molar refractivity (Wildman–Crippen MR) is 110 cm³/mol. The van der Waals surface area contributed by atoms with Crippen LogP contribution in [0.2, 0.25) is 0 Å². The van der Waals surface area contributed by atoms with Crippen LogP contribution in [-0.4, -0.2) is 26.3 Å². The molecule has 0 saturated heterocycles. The van der Waals surface area contributed by atoms with Gasteiger partial charge >= 0.3 is 0 Å². The van der Waals surface area contributed by atoms with E-state index >= 15 is 0 Å². The van der Waals surface area contributed by atoms with Crippen molar-refractivity contribution in [2.24, 2.45) is 0 Å². The Kier molecular flexibility index (Phi) is 5.37. The number of aryl methyl sites for hydroxylation is 1. The maximum Gasteiger partial charge on any atom is 0.291 e. The van der Waals surface area contributed by atoms with Crippen molar-refractivity contribution in [2.75, 3.05) is 5.32 Å². The van der Waals surface area contributed by atoms with Crippen molar-refractivity contribution in [2.45, 2.75) is 39.3 Å². The lowest BCUT2D eigenvalue weighted by Gasteiger charge is -2.17.